The zero-order valence-electron chi connectivity index (χ0n) is 13.6. The largest absolute Gasteiger partial charge is 0.494 e. The van der Waals surface area contributed by atoms with Crippen molar-refractivity contribution in [2.45, 2.75) is 21.0 Å². The van der Waals surface area contributed by atoms with E-state index in [1.54, 1.807) is 24.3 Å². The van der Waals surface area contributed by atoms with E-state index in [2.05, 4.69) is 0 Å². The van der Waals surface area contributed by atoms with Gasteiger partial charge in [-0.25, -0.2) is 4.90 Å². The minimum atomic E-state index is -1.93. The van der Waals surface area contributed by atoms with Crippen molar-refractivity contribution in [3.05, 3.63) is 34.3 Å². The molecule has 10 heteroatoms. The number of anilines is 1. The van der Waals surface area contributed by atoms with Crippen LogP contribution < -0.4 is 9.64 Å². The van der Waals surface area contributed by atoms with E-state index in [0.29, 0.717) is 18.0 Å². The molecule has 4 rings (SSSR count). The average Bonchev–Trinajstić information content (AvgIpc) is 3.01. The number of carbonyl (C=O) groups excluding carboxylic acids is 2. The minimum absolute atomic E-state index is 0.109. The fourth-order valence-corrected chi connectivity index (χ4v) is 7.04. The molecular formula is C17H11Cl6NO3. The van der Waals surface area contributed by atoms with E-state index in [-0.39, 0.29) is 10.1 Å². The third-order valence-electron chi connectivity index (χ3n) is 5.31. The first-order valence-corrected chi connectivity index (χ1v) is 10.2. The van der Waals surface area contributed by atoms with Crippen LogP contribution >= 0.6 is 69.6 Å². The summed E-state index contributed by atoms with van der Waals surface area (Å²) in [6, 6.07) is 6.49. The molecule has 0 unspecified atom stereocenters. The van der Waals surface area contributed by atoms with Crippen molar-refractivity contribution in [2.24, 2.45) is 11.8 Å². The van der Waals surface area contributed by atoms with Gasteiger partial charge in [0.05, 0.1) is 34.2 Å². The summed E-state index contributed by atoms with van der Waals surface area (Å²) in [7, 11) is 0. The van der Waals surface area contributed by atoms with Crippen LogP contribution in [0.3, 0.4) is 0 Å². The smallest absolute Gasteiger partial charge is 0.240 e. The van der Waals surface area contributed by atoms with Crippen molar-refractivity contribution < 1.29 is 14.3 Å². The lowest BCUT2D eigenvalue weighted by molar-refractivity contribution is -0.123. The van der Waals surface area contributed by atoms with Crippen LogP contribution in [0, 0.1) is 11.8 Å². The lowest BCUT2D eigenvalue weighted by Crippen LogP contribution is -2.50. The SMILES string of the molecule is CCOc1ccc(N2C(=O)[C@@H]3[C@@H](C2=O)[C@]2(Cl)C(Cl)=C(Cl)[C@]3(Cl)C2(Cl)Cl)cc1. The summed E-state index contributed by atoms with van der Waals surface area (Å²) in [5.74, 6) is -2.84. The number of ether oxygens (including phenoxy) is 1. The number of nitrogens with zero attached hydrogens (tertiary/aromatic N) is 1. The number of imide groups is 1. The van der Waals surface area contributed by atoms with Gasteiger partial charge in [-0.15, -0.1) is 23.2 Å². The molecule has 1 aliphatic heterocycles. The normalized spacial score (nSPS) is 36.6. The fraction of sp³-hybridized carbons (Fsp3) is 0.412. The van der Waals surface area contributed by atoms with Crippen LogP contribution in [-0.4, -0.2) is 32.5 Å². The molecule has 1 aromatic carbocycles. The standard InChI is InChI=1S/C17H11Cl6NO3/c1-2-27-8-5-3-7(4-6-8)24-13(25)9-10(14(24)26)16(21)12(19)11(18)15(9,20)17(16,22)23/h3-6,9-10H,2H2,1H3/t9-,10-,15-,16-/m0/s1. The number of benzene rings is 1. The third kappa shape index (κ3) is 2.10. The summed E-state index contributed by atoms with van der Waals surface area (Å²) < 4.78 is 3.45. The van der Waals surface area contributed by atoms with Gasteiger partial charge in [-0.2, -0.15) is 0 Å². The molecule has 1 heterocycles. The molecule has 0 N–H and O–H groups in total. The Morgan fingerprint density at radius 1 is 0.926 bits per heavy atom. The van der Waals surface area contributed by atoms with Gasteiger partial charge in [0, 0.05) is 0 Å². The molecule has 3 aliphatic rings. The number of carbonyl (C=O) groups is 2. The molecular weight excluding hydrogens is 479 g/mol. The highest BCUT2D eigenvalue weighted by molar-refractivity contribution is 6.67. The maximum Gasteiger partial charge on any atom is 0.240 e. The molecule has 0 spiro atoms. The fourth-order valence-electron chi connectivity index (χ4n) is 4.11. The van der Waals surface area contributed by atoms with E-state index in [1.165, 1.54) is 0 Å². The van der Waals surface area contributed by atoms with Crippen LogP contribution in [0.5, 0.6) is 5.75 Å². The van der Waals surface area contributed by atoms with E-state index in [1.807, 2.05) is 6.92 Å². The van der Waals surface area contributed by atoms with Gasteiger partial charge in [0.2, 0.25) is 11.8 Å². The number of rotatable bonds is 3. The summed E-state index contributed by atoms with van der Waals surface area (Å²) in [4.78, 5) is 23.8. The Labute approximate surface area is 185 Å². The van der Waals surface area contributed by atoms with E-state index < -0.39 is 37.7 Å². The van der Waals surface area contributed by atoms with Crippen LogP contribution in [0.25, 0.3) is 0 Å². The topological polar surface area (TPSA) is 46.6 Å². The van der Waals surface area contributed by atoms with Gasteiger partial charge in [-0.05, 0) is 31.2 Å². The lowest BCUT2D eigenvalue weighted by Gasteiger charge is -2.34. The highest BCUT2D eigenvalue weighted by Gasteiger charge is 2.87. The highest BCUT2D eigenvalue weighted by Crippen LogP contribution is 2.77. The summed E-state index contributed by atoms with van der Waals surface area (Å²) in [5.41, 5.74) is 0.352. The number of fused-ring (bicyclic) bond motifs is 5. The van der Waals surface area contributed by atoms with Crippen LogP contribution in [0.2, 0.25) is 0 Å². The Morgan fingerprint density at radius 2 is 1.37 bits per heavy atom. The first-order valence-electron chi connectivity index (χ1n) is 7.97. The molecule has 144 valence electrons. The molecule has 2 bridgehead atoms. The molecule has 1 aromatic rings. The number of halogens is 6. The van der Waals surface area contributed by atoms with Crippen molar-refractivity contribution in [2.75, 3.05) is 11.5 Å². The molecule has 2 fully saturated rings. The molecule has 4 atom stereocenters. The molecule has 0 aromatic heterocycles. The minimum Gasteiger partial charge on any atom is -0.494 e. The first-order chi connectivity index (χ1) is 12.5. The van der Waals surface area contributed by atoms with Crippen molar-refractivity contribution >= 4 is 87.1 Å². The van der Waals surface area contributed by atoms with Gasteiger partial charge in [-0.3, -0.25) is 9.59 Å². The average molecular weight is 490 g/mol. The zero-order valence-corrected chi connectivity index (χ0v) is 18.1. The van der Waals surface area contributed by atoms with E-state index >= 15 is 0 Å². The monoisotopic (exact) mass is 487 g/mol. The van der Waals surface area contributed by atoms with E-state index in [4.69, 9.17) is 74.3 Å². The van der Waals surface area contributed by atoms with Crippen molar-refractivity contribution in [1.29, 1.82) is 0 Å². The van der Waals surface area contributed by atoms with Crippen molar-refractivity contribution in [3.8, 4) is 5.75 Å². The predicted octanol–water partition coefficient (Wildman–Crippen LogP) is 5.04. The third-order valence-corrected chi connectivity index (χ3v) is 9.57. The van der Waals surface area contributed by atoms with Crippen LogP contribution in [-0.2, 0) is 9.59 Å². The number of hydrogen-bond donors (Lipinski definition) is 0. The number of alkyl halides is 4. The Hall–Kier alpha value is -0.360. The molecule has 4 nitrogen and oxygen atoms in total. The molecule has 0 radical (unpaired) electrons. The number of hydrogen-bond acceptors (Lipinski definition) is 3. The highest BCUT2D eigenvalue weighted by atomic mass is 35.5. The summed E-state index contributed by atoms with van der Waals surface area (Å²) >= 11 is 38.7. The molecule has 27 heavy (non-hydrogen) atoms. The summed E-state index contributed by atoms with van der Waals surface area (Å²) in [5, 5.41) is -0.219. The zero-order chi connectivity index (χ0) is 19.9. The Balaban J connectivity index is 1.81. The van der Waals surface area contributed by atoms with Gasteiger partial charge in [0.25, 0.3) is 0 Å². The van der Waals surface area contributed by atoms with Crippen LogP contribution in [0.4, 0.5) is 5.69 Å². The van der Waals surface area contributed by atoms with Gasteiger partial charge < -0.3 is 4.74 Å². The van der Waals surface area contributed by atoms with E-state index in [0.717, 1.165) is 4.90 Å². The Morgan fingerprint density at radius 3 is 1.78 bits per heavy atom. The van der Waals surface area contributed by atoms with Gasteiger partial charge in [0.15, 0.2) is 4.33 Å². The van der Waals surface area contributed by atoms with Crippen molar-refractivity contribution in [1.82, 2.24) is 0 Å². The molecule has 2 amide bonds. The maximum absolute atomic E-state index is 13.2. The number of amides is 2. The first kappa shape index (κ1) is 19.9. The molecule has 1 saturated carbocycles. The maximum atomic E-state index is 13.2. The predicted molar refractivity (Wildman–Crippen MR) is 107 cm³/mol. The summed E-state index contributed by atoms with van der Waals surface area (Å²) in [6.07, 6.45) is 0. The van der Waals surface area contributed by atoms with E-state index in [9.17, 15) is 9.59 Å². The van der Waals surface area contributed by atoms with Crippen LogP contribution in [0.1, 0.15) is 6.92 Å². The molecule has 2 aliphatic carbocycles. The second-order valence-electron chi connectivity index (χ2n) is 6.52. The van der Waals surface area contributed by atoms with Gasteiger partial charge >= 0.3 is 0 Å². The van der Waals surface area contributed by atoms with Crippen molar-refractivity contribution in [3.63, 3.8) is 0 Å². The van der Waals surface area contributed by atoms with Gasteiger partial charge in [0.1, 0.15) is 15.5 Å². The lowest BCUT2D eigenvalue weighted by atomic mass is 9.84. The second-order valence-corrected chi connectivity index (χ2v) is 9.80. The quantitative estimate of drug-likeness (QED) is 0.441. The second kappa shape index (κ2) is 6.07. The molecule has 1 saturated heterocycles. The summed E-state index contributed by atoms with van der Waals surface area (Å²) in [6.45, 7) is 2.34. The van der Waals surface area contributed by atoms with Gasteiger partial charge in [-0.1, -0.05) is 46.4 Å². The van der Waals surface area contributed by atoms with Crippen LogP contribution in [0.15, 0.2) is 34.3 Å². The Bertz CT molecular complexity index is 854. The Kier molecular flexibility index (Phi) is 4.48. The number of allylic oxidation sites excluding steroid dienone is 2.